The van der Waals surface area contributed by atoms with Crippen molar-refractivity contribution in [2.75, 3.05) is 0 Å². The van der Waals surface area contributed by atoms with Gasteiger partial charge in [-0.2, -0.15) is 0 Å². The predicted molar refractivity (Wildman–Crippen MR) is 59.0 cm³/mol. The number of furan rings is 1. The Bertz CT molecular complexity index is 473. The number of rotatable bonds is 4. The number of aromatic amines is 1. The van der Waals surface area contributed by atoms with Crippen molar-refractivity contribution in [1.82, 2.24) is 10.2 Å². The second-order valence-corrected chi connectivity index (χ2v) is 3.70. The standard InChI is InChI=1S/C11H15N3O2/c1-7-3-9(16-10(7)5-12)6-15-11-4-8(2)13-14-11/h3-4H,5-6,12H2,1-2H3,(H,13,14). The van der Waals surface area contributed by atoms with Crippen LogP contribution >= 0.6 is 0 Å². The number of nitrogens with zero attached hydrogens (tertiary/aromatic N) is 1. The smallest absolute Gasteiger partial charge is 0.233 e. The first-order valence-corrected chi connectivity index (χ1v) is 5.12. The molecule has 0 aromatic carbocycles. The largest absolute Gasteiger partial charge is 0.468 e. The number of ether oxygens (including phenoxy) is 1. The summed E-state index contributed by atoms with van der Waals surface area (Å²) in [7, 11) is 0. The lowest BCUT2D eigenvalue weighted by molar-refractivity contribution is 0.256. The van der Waals surface area contributed by atoms with Gasteiger partial charge in [0, 0.05) is 11.8 Å². The number of H-pyrrole nitrogens is 1. The van der Waals surface area contributed by atoms with E-state index in [1.165, 1.54) is 0 Å². The fourth-order valence-corrected chi connectivity index (χ4v) is 1.48. The maximum atomic E-state index is 5.52. The Kier molecular flexibility index (Phi) is 2.96. The lowest BCUT2D eigenvalue weighted by Crippen LogP contribution is -1.96. The summed E-state index contributed by atoms with van der Waals surface area (Å²) in [5, 5.41) is 6.77. The van der Waals surface area contributed by atoms with Gasteiger partial charge in [-0.15, -0.1) is 5.10 Å². The molecule has 2 heterocycles. The van der Waals surface area contributed by atoms with E-state index >= 15 is 0 Å². The van der Waals surface area contributed by atoms with Crippen LogP contribution in [0.25, 0.3) is 0 Å². The number of aryl methyl sites for hydroxylation is 2. The molecule has 0 bridgehead atoms. The van der Waals surface area contributed by atoms with Gasteiger partial charge in [0.2, 0.25) is 5.88 Å². The van der Waals surface area contributed by atoms with Crippen LogP contribution in [0.5, 0.6) is 5.88 Å². The van der Waals surface area contributed by atoms with Crippen LogP contribution in [0.2, 0.25) is 0 Å². The van der Waals surface area contributed by atoms with E-state index in [0.29, 0.717) is 19.0 Å². The molecule has 0 aliphatic rings. The van der Waals surface area contributed by atoms with Crippen molar-refractivity contribution in [2.45, 2.75) is 27.0 Å². The monoisotopic (exact) mass is 221 g/mol. The van der Waals surface area contributed by atoms with E-state index in [1.807, 2.05) is 26.0 Å². The van der Waals surface area contributed by atoms with E-state index in [9.17, 15) is 0 Å². The molecule has 2 aromatic rings. The zero-order valence-electron chi connectivity index (χ0n) is 9.41. The Morgan fingerprint density at radius 3 is 2.81 bits per heavy atom. The van der Waals surface area contributed by atoms with Gasteiger partial charge in [-0.1, -0.05) is 0 Å². The van der Waals surface area contributed by atoms with Gasteiger partial charge < -0.3 is 14.9 Å². The highest BCUT2D eigenvalue weighted by Crippen LogP contribution is 2.16. The Morgan fingerprint density at radius 2 is 2.25 bits per heavy atom. The van der Waals surface area contributed by atoms with Crippen LogP contribution in [0.4, 0.5) is 0 Å². The lowest BCUT2D eigenvalue weighted by Gasteiger charge is -1.98. The van der Waals surface area contributed by atoms with Crippen LogP contribution in [0.3, 0.4) is 0 Å². The molecular formula is C11H15N3O2. The van der Waals surface area contributed by atoms with Crippen molar-refractivity contribution in [3.8, 4) is 5.88 Å². The third kappa shape index (κ3) is 2.25. The summed E-state index contributed by atoms with van der Waals surface area (Å²) >= 11 is 0. The SMILES string of the molecule is Cc1cc(OCc2cc(C)c(CN)o2)n[nH]1. The topological polar surface area (TPSA) is 77.1 Å². The predicted octanol–water partition coefficient (Wildman–Crippen LogP) is 1.66. The van der Waals surface area contributed by atoms with Crippen LogP contribution in [-0.2, 0) is 13.2 Å². The minimum absolute atomic E-state index is 0.366. The number of hydrogen-bond acceptors (Lipinski definition) is 4. The zero-order chi connectivity index (χ0) is 11.5. The Balaban J connectivity index is 1.99. The first-order chi connectivity index (χ1) is 7.69. The summed E-state index contributed by atoms with van der Waals surface area (Å²) in [4.78, 5) is 0. The van der Waals surface area contributed by atoms with Gasteiger partial charge in [0.05, 0.1) is 6.54 Å². The highest BCUT2D eigenvalue weighted by Gasteiger charge is 2.07. The molecule has 5 nitrogen and oxygen atoms in total. The van der Waals surface area contributed by atoms with Crippen molar-refractivity contribution < 1.29 is 9.15 Å². The highest BCUT2D eigenvalue weighted by molar-refractivity contribution is 5.20. The molecule has 16 heavy (non-hydrogen) atoms. The summed E-state index contributed by atoms with van der Waals surface area (Å²) in [6, 6.07) is 3.77. The van der Waals surface area contributed by atoms with E-state index in [-0.39, 0.29) is 0 Å². The van der Waals surface area contributed by atoms with E-state index in [4.69, 9.17) is 14.9 Å². The molecule has 0 amide bonds. The van der Waals surface area contributed by atoms with Crippen molar-refractivity contribution in [1.29, 1.82) is 0 Å². The van der Waals surface area contributed by atoms with Crippen LogP contribution in [0.1, 0.15) is 22.8 Å². The molecule has 3 N–H and O–H groups in total. The molecule has 0 spiro atoms. The molecule has 0 radical (unpaired) electrons. The molecule has 0 aliphatic heterocycles. The summed E-state index contributed by atoms with van der Waals surface area (Å²) in [6.07, 6.45) is 0. The molecule has 0 saturated carbocycles. The van der Waals surface area contributed by atoms with Crippen molar-refractivity contribution in [3.63, 3.8) is 0 Å². The van der Waals surface area contributed by atoms with E-state index in [0.717, 1.165) is 22.8 Å². The van der Waals surface area contributed by atoms with E-state index in [1.54, 1.807) is 0 Å². The van der Waals surface area contributed by atoms with Crippen LogP contribution < -0.4 is 10.5 Å². The van der Waals surface area contributed by atoms with Gasteiger partial charge in [0.25, 0.3) is 0 Å². The molecule has 0 fully saturated rings. The van der Waals surface area contributed by atoms with E-state index in [2.05, 4.69) is 10.2 Å². The zero-order valence-corrected chi connectivity index (χ0v) is 9.41. The number of hydrogen-bond donors (Lipinski definition) is 2. The van der Waals surface area contributed by atoms with E-state index < -0.39 is 0 Å². The van der Waals surface area contributed by atoms with Gasteiger partial charge in [0.1, 0.15) is 18.1 Å². The van der Waals surface area contributed by atoms with Gasteiger partial charge in [-0.25, -0.2) is 0 Å². The summed E-state index contributed by atoms with van der Waals surface area (Å²) in [5.74, 6) is 2.14. The third-order valence-electron chi connectivity index (χ3n) is 2.30. The molecule has 0 aliphatic carbocycles. The number of nitrogens with one attached hydrogen (secondary N) is 1. The van der Waals surface area contributed by atoms with Gasteiger partial charge in [0.15, 0.2) is 0 Å². The number of nitrogens with two attached hydrogens (primary N) is 1. The molecule has 5 heteroatoms. The van der Waals surface area contributed by atoms with Crippen molar-refractivity contribution in [3.05, 3.63) is 34.9 Å². The summed E-state index contributed by atoms with van der Waals surface area (Å²) in [6.45, 7) is 4.66. The molecule has 0 atom stereocenters. The quantitative estimate of drug-likeness (QED) is 0.823. The molecule has 2 aromatic heterocycles. The molecule has 86 valence electrons. The first kappa shape index (κ1) is 10.8. The van der Waals surface area contributed by atoms with Crippen LogP contribution in [-0.4, -0.2) is 10.2 Å². The molecule has 0 unspecified atom stereocenters. The molecular weight excluding hydrogens is 206 g/mol. The lowest BCUT2D eigenvalue weighted by atomic mass is 10.3. The Hall–Kier alpha value is -1.75. The normalized spacial score (nSPS) is 10.7. The van der Waals surface area contributed by atoms with Gasteiger partial charge >= 0.3 is 0 Å². The maximum absolute atomic E-state index is 5.52. The summed E-state index contributed by atoms with van der Waals surface area (Å²) < 4.78 is 11.0. The fraction of sp³-hybridized carbons (Fsp3) is 0.364. The Labute approximate surface area is 93.6 Å². The van der Waals surface area contributed by atoms with Gasteiger partial charge in [-0.05, 0) is 25.5 Å². The fourth-order valence-electron chi connectivity index (χ4n) is 1.48. The first-order valence-electron chi connectivity index (χ1n) is 5.12. The minimum Gasteiger partial charge on any atom is -0.468 e. The molecule has 2 rings (SSSR count). The van der Waals surface area contributed by atoms with Crippen LogP contribution in [0, 0.1) is 13.8 Å². The minimum atomic E-state index is 0.366. The van der Waals surface area contributed by atoms with Crippen molar-refractivity contribution >= 4 is 0 Å². The average molecular weight is 221 g/mol. The summed E-state index contributed by atoms with van der Waals surface area (Å²) in [5.41, 5.74) is 7.54. The molecule has 0 saturated heterocycles. The van der Waals surface area contributed by atoms with Crippen molar-refractivity contribution in [2.24, 2.45) is 5.73 Å². The maximum Gasteiger partial charge on any atom is 0.233 e. The van der Waals surface area contributed by atoms with Gasteiger partial charge in [-0.3, -0.25) is 5.10 Å². The van der Waals surface area contributed by atoms with Crippen LogP contribution in [0.15, 0.2) is 16.5 Å². The second kappa shape index (κ2) is 4.40. The average Bonchev–Trinajstić information content (AvgIpc) is 2.82. The third-order valence-corrected chi connectivity index (χ3v) is 2.30. The highest BCUT2D eigenvalue weighted by atomic mass is 16.5. The number of aromatic nitrogens is 2. The Morgan fingerprint density at radius 1 is 1.44 bits per heavy atom. The second-order valence-electron chi connectivity index (χ2n) is 3.70.